The smallest absolute Gasteiger partial charge is 0.0257 e. The zero-order chi connectivity index (χ0) is 7.40. The molecule has 1 aliphatic rings. The molecule has 2 heteroatoms. The van der Waals surface area contributed by atoms with Crippen LogP contribution in [0.25, 0.3) is 0 Å². The largest absolute Gasteiger partial charge is 0.126 e. The van der Waals surface area contributed by atoms with Crippen LogP contribution in [0.4, 0.5) is 0 Å². The lowest BCUT2D eigenvalue weighted by atomic mass is 9.86. The van der Waals surface area contributed by atoms with Crippen LogP contribution in [0.2, 0.25) is 0 Å². The lowest BCUT2D eigenvalue weighted by Crippen LogP contribution is -2.19. The van der Waals surface area contributed by atoms with Crippen LogP contribution in [-0.2, 0) is 0 Å². The highest BCUT2D eigenvalue weighted by Crippen LogP contribution is 2.27. The summed E-state index contributed by atoms with van der Waals surface area (Å²) in [7, 11) is 0. The lowest BCUT2D eigenvalue weighted by molar-refractivity contribution is 0.389. The molecule has 0 saturated carbocycles. The van der Waals surface area contributed by atoms with Gasteiger partial charge in [0, 0.05) is 11.8 Å². The number of halogens is 2. The predicted octanol–water partition coefficient (Wildman–Crippen LogP) is 3.05. The van der Waals surface area contributed by atoms with Gasteiger partial charge in [-0.25, -0.2) is 0 Å². The minimum absolute atomic E-state index is 0.615. The molecule has 0 N–H and O–H groups in total. The quantitative estimate of drug-likeness (QED) is 0.451. The Labute approximate surface area is 72.2 Å². The van der Waals surface area contributed by atoms with Gasteiger partial charge in [0.25, 0.3) is 0 Å². The predicted molar refractivity (Wildman–Crippen MR) is 46.8 cm³/mol. The van der Waals surface area contributed by atoms with Gasteiger partial charge in [-0.3, -0.25) is 0 Å². The molecule has 1 rings (SSSR count). The fourth-order valence-electron chi connectivity index (χ4n) is 1.30. The monoisotopic (exact) mass is 178 g/mol. The maximum atomic E-state index is 5.76. The molecule has 1 aliphatic carbocycles. The van der Waals surface area contributed by atoms with Crippen molar-refractivity contribution < 1.29 is 0 Å². The Bertz CT molecular complexity index is 106. The molecule has 0 aromatic heterocycles. The second-order valence-electron chi connectivity index (χ2n) is 2.77. The van der Waals surface area contributed by atoms with Gasteiger partial charge >= 0.3 is 0 Å². The topological polar surface area (TPSA) is 0 Å². The highest BCUT2D eigenvalue weighted by Gasteiger charge is 2.19. The Balaban J connectivity index is 2.45. The number of hydrogen-bond donors (Lipinski definition) is 0. The van der Waals surface area contributed by atoms with Crippen molar-refractivity contribution in [1.82, 2.24) is 0 Å². The van der Waals surface area contributed by atoms with Gasteiger partial charge in [-0.2, -0.15) is 0 Å². The maximum absolute atomic E-state index is 5.76. The van der Waals surface area contributed by atoms with E-state index in [1.54, 1.807) is 0 Å². The van der Waals surface area contributed by atoms with Crippen molar-refractivity contribution in [3.63, 3.8) is 0 Å². The van der Waals surface area contributed by atoms with Crippen LogP contribution in [0.3, 0.4) is 0 Å². The van der Waals surface area contributed by atoms with Crippen molar-refractivity contribution in [2.24, 2.45) is 11.8 Å². The summed E-state index contributed by atoms with van der Waals surface area (Å²) < 4.78 is 0. The number of alkyl halides is 2. The van der Waals surface area contributed by atoms with Gasteiger partial charge < -0.3 is 0 Å². The van der Waals surface area contributed by atoms with Gasteiger partial charge in [-0.05, 0) is 24.7 Å². The molecular weight excluding hydrogens is 167 g/mol. The SMILES string of the molecule is ClCC1CC=CCC1CCl. The molecule has 10 heavy (non-hydrogen) atoms. The fourth-order valence-corrected chi connectivity index (χ4v) is 2.06. The van der Waals surface area contributed by atoms with Gasteiger partial charge in [0.1, 0.15) is 0 Å². The first kappa shape index (κ1) is 8.42. The van der Waals surface area contributed by atoms with Gasteiger partial charge in [0.2, 0.25) is 0 Å². The van der Waals surface area contributed by atoms with Crippen LogP contribution in [0, 0.1) is 11.8 Å². The Morgan fingerprint density at radius 1 is 1.00 bits per heavy atom. The molecule has 0 aromatic rings. The molecule has 0 radical (unpaired) electrons. The molecule has 0 nitrogen and oxygen atoms in total. The summed E-state index contributed by atoms with van der Waals surface area (Å²) in [5.41, 5.74) is 0. The molecule has 0 bridgehead atoms. The van der Waals surface area contributed by atoms with E-state index >= 15 is 0 Å². The van der Waals surface area contributed by atoms with E-state index in [1.807, 2.05) is 0 Å². The van der Waals surface area contributed by atoms with E-state index in [9.17, 15) is 0 Å². The number of hydrogen-bond acceptors (Lipinski definition) is 0. The average molecular weight is 179 g/mol. The van der Waals surface area contributed by atoms with Crippen molar-refractivity contribution in [2.75, 3.05) is 11.8 Å². The first-order chi connectivity index (χ1) is 4.88. The van der Waals surface area contributed by atoms with Gasteiger partial charge in [-0.1, -0.05) is 12.2 Å². The van der Waals surface area contributed by atoms with Crippen LogP contribution in [-0.4, -0.2) is 11.8 Å². The van der Waals surface area contributed by atoms with Crippen LogP contribution < -0.4 is 0 Å². The standard InChI is InChI=1S/C8H12Cl2/c9-5-7-3-1-2-4-8(7)6-10/h1-2,7-8H,3-6H2. The van der Waals surface area contributed by atoms with Crippen LogP contribution >= 0.6 is 23.2 Å². The Morgan fingerprint density at radius 3 is 1.70 bits per heavy atom. The van der Waals surface area contributed by atoms with E-state index in [0.29, 0.717) is 11.8 Å². The first-order valence-electron chi connectivity index (χ1n) is 3.65. The molecule has 0 saturated heterocycles. The molecule has 58 valence electrons. The summed E-state index contributed by atoms with van der Waals surface area (Å²) in [4.78, 5) is 0. The molecule has 2 atom stereocenters. The molecule has 0 fully saturated rings. The molecule has 0 aliphatic heterocycles. The summed E-state index contributed by atoms with van der Waals surface area (Å²) in [5, 5.41) is 0. The highest BCUT2D eigenvalue weighted by atomic mass is 35.5. The molecule has 2 unspecified atom stereocenters. The summed E-state index contributed by atoms with van der Waals surface area (Å²) in [6, 6.07) is 0. The zero-order valence-corrected chi connectivity index (χ0v) is 7.41. The highest BCUT2D eigenvalue weighted by molar-refractivity contribution is 6.19. The molecule has 0 aromatic carbocycles. The third kappa shape index (κ3) is 1.90. The summed E-state index contributed by atoms with van der Waals surface area (Å²) in [6.07, 6.45) is 6.63. The van der Waals surface area contributed by atoms with Crippen molar-refractivity contribution in [3.05, 3.63) is 12.2 Å². The van der Waals surface area contributed by atoms with Gasteiger partial charge in [0.15, 0.2) is 0 Å². The second-order valence-corrected chi connectivity index (χ2v) is 3.39. The van der Waals surface area contributed by atoms with Crippen LogP contribution in [0.5, 0.6) is 0 Å². The number of allylic oxidation sites excluding steroid dienone is 2. The van der Waals surface area contributed by atoms with E-state index in [4.69, 9.17) is 23.2 Å². The van der Waals surface area contributed by atoms with Crippen LogP contribution in [0.15, 0.2) is 12.2 Å². The molecule has 0 spiro atoms. The van der Waals surface area contributed by atoms with Crippen molar-refractivity contribution in [1.29, 1.82) is 0 Å². The maximum Gasteiger partial charge on any atom is 0.0257 e. The van der Waals surface area contributed by atoms with E-state index in [2.05, 4.69) is 12.2 Å². The average Bonchev–Trinajstić information content (AvgIpc) is 2.04. The minimum atomic E-state index is 0.615. The minimum Gasteiger partial charge on any atom is -0.126 e. The first-order valence-corrected chi connectivity index (χ1v) is 4.72. The van der Waals surface area contributed by atoms with Gasteiger partial charge in [-0.15, -0.1) is 23.2 Å². The van der Waals surface area contributed by atoms with E-state index in [0.717, 1.165) is 24.6 Å². The van der Waals surface area contributed by atoms with Gasteiger partial charge in [0.05, 0.1) is 0 Å². The molecule has 0 amide bonds. The Kier molecular flexibility index (Phi) is 3.58. The van der Waals surface area contributed by atoms with Crippen LogP contribution in [0.1, 0.15) is 12.8 Å². The third-order valence-corrected chi connectivity index (χ3v) is 2.90. The Hall–Kier alpha value is 0.320. The summed E-state index contributed by atoms with van der Waals surface area (Å²) in [5.74, 6) is 2.73. The number of rotatable bonds is 2. The third-order valence-electron chi connectivity index (χ3n) is 2.11. The zero-order valence-electron chi connectivity index (χ0n) is 5.89. The van der Waals surface area contributed by atoms with E-state index in [1.165, 1.54) is 0 Å². The second kappa shape index (κ2) is 4.25. The van der Waals surface area contributed by atoms with E-state index < -0.39 is 0 Å². The summed E-state index contributed by atoms with van der Waals surface area (Å²) in [6.45, 7) is 0. The van der Waals surface area contributed by atoms with Crippen molar-refractivity contribution in [2.45, 2.75) is 12.8 Å². The van der Waals surface area contributed by atoms with Crippen molar-refractivity contribution in [3.8, 4) is 0 Å². The molecular formula is C8H12Cl2. The normalized spacial score (nSPS) is 32.6. The molecule has 0 heterocycles. The van der Waals surface area contributed by atoms with Crippen molar-refractivity contribution >= 4 is 23.2 Å². The Morgan fingerprint density at radius 2 is 1.40 bits per heavy atom. The summed E-state index contributed by atoms with van der Waals surface area (Å²) >= 11 is 11.5. The fraction of sp³-hybridized carbons (Fsp3) is 0.750. The lowest BCUT2D eigenvalue weighted by Gasteiger charge is -2.24. The van der Waals surface area contributed by atoms with E-state index in [-0.39, 0.29) is 0 Å².